The lowest BCUT2D eigenvalue weighted by Crippen LogP contribution is -2.13. The fourth-order valence-corrected chi connectivity index (χ4v) is 1.96. The molecule has 2 aromatic carbocycles. The number of carbonyl (C=O) groups excluding carboxylic acids is 1. The Morgan fingerprint density at radius 1 is 1.10 bits per heavy atom. The fourth-order valence-electron chi connectivity index (χ4n) is 1.96. The summed E-state index contributed by atoms with van der Waals surface area (Å²) in [7, 11) is 0. The van der Waals surface area contributed by atoms with Crippen LogP contribution in [0, 0.1) is 11.6 Å². The number of ether oxygens (including phenoxy) is 1. The molecule has 0 aliphatic rings. The Bertz CT molecular complexity index is 651. The molecule has 0 atom stereocenters. The van der Waals surface area contributed by atoms with Gasteiger partial charge in [-0.3, -0.25) is 4.79 Å². The molecule has 0 saturated heterocycles. The Hall–Kier alpha value is -2.43. The second-order valence-corrected chi connectivity index (χ2v) is 4.58. The molecule has 21 heavy (non-hydrogen) atoms. The van der Waals surface area contributed by atoms with Crippen molar-refractivity contribution >= 4 is 5.91 Å². The lowest BCUT2D eigenvalue weighted by atomic mass is 10.0. The first-order valence-corrected chi connectivity index (χ1v) is 6.54. The van der Waals surface area contributed by atoms with Crippen molar-refractivity contribution in [2.45, 2.75) is 13.3 Å². The molecule has 110 valence electrons. The van der Waals surface area contributed by atoms with Gasteiger partial charge in [0, 0.05) is 6.07 Å². The Labute approximate surface area is 121 Å². The largest absolute Gasteiger partial charge is 0.493 e. The van der Waals surface area contributed by atoms with E-state index < -0.39 is 17.5 Å². The van der Waals surface area contributed by atoms with E-state index in [9.17, 15) is 13.6 Å². The van der Waals surface area contributed by atoms with Crippen LogP contribution in [0.15, 0.2) is 36.4 Å². The van der Waals surface area contributed by atoms with Gasteiger partial charge in [-0.05, 0) is 41.8 Å². The van der Waals surface area contributed by atoms with E-state index in [-0.39, 0.29) is 5.56 Å². The molecule has 0 saturated carbocycles. The van der Waals surface area contributed by atoms with E-state index in [0.29, 0.717) is 23.5 Å². The normalized spacial score (nSPS) is 10.4. The molecule has 0 spiro atoms. The predicted octanol–water partition coefficient (Wildman–Crippen LogP) is 3.52. The molecule has 1 amide bonds. The predicted molar refractivity (Wildman–Crippen MR) is 76.1 cm³/mol. The number of amides is 1. The highest BCUT2D eigenvalue weighted by atomic mass is 19.1. The van der Waals surface area contributed by atoms with Gasteiger partial charge in [0.2, 0.25) is 0 Å². The third-order valence-electron chi connectivity index (χ3n) is 2.90. The number of primary amides is 1. The Morgan fingerprint density at radius 2 is 1.76 bits per heavy atom. The number of rotatable bonds is 5. The van der Waals surface area contributed by atoms with Gasteiger partial charge in [-0.2, -0.15) is 0 Å². The molecule has 0 aliphatic heterocycles. The molecule has 0 unspecified atom stereocenters. The van der Waals surface area contributed by atoms with Crippen LogP contribution < -0.4 is 10.5 Å². The minimum absolute atomic E-state index is 0.186. The molecule has 0 fully saturated rings. The molecule has 2 N–H and O–H groups in total. The fraction of sp³-hybridized carbons (Fsp3) is 0.188. The van der Waals surface area contributed by atoms with Gasteiger partial charge in [-0.15, -0.1) is 0 Å². The number of hydrogen-bond acceptors (Lipinski definition) is 2. The number of hydrogen-bond donors (Lipinski definition) is 1. The first-order chi connectivity index (χ1) is 10.0. The standard InChI is InChI=1S/C16H15F2NO2/c1-2-5-21-15-4-3-10(8-14(15)16(19)20)11-6-12(17)9-13(18)7-11/h3-4,6-9H,2,5H2,1H3,(H2,19,20). The zero-order valence-corrected chi connectivity index (χ0v) is 11.5. The number of carbonyl (C=O) groups is 1. The zero-order valence-electron chi connectivity index (χ0n) is 11.5. The Kier molecular flexibility index (Phi) is 4.52. The van der Waals surface area contributed by atoms with Gasteiger partial charge >= 0.3 is 0 Å². The molecule has 0 radical (unpaired) electrons. The van der Waals surface area contributed by atoms with Crippen LogP contribution in [0.1, 0.15) is 23.7 Å². The lowest BCUT2D eigenvalue weighted by Gasteiger charge is -2.11. The highest BCUT2D eigenvalue weighted by molar-refractivity contribution is 5.97. The van der Waals surface area contributed by atoms with E-state index in [1.807, 2.05) is 6.92 Å². The van der Waals surface area contributed by atoms with E-state index in [0.717, 1.165) is 12.5 Å². The van der Waals surface area contributed by atoms with Crippen molar-refractivity contribution in [3.05, 3.63) is 53.6 Å². The summed E-state index contributed by atoms with van der Waals surface area (Å²) in [4.78, 5) is 11.5. The van der Waals surface area contributed by atoms with Crippen molar-refractivity contribution in [2.24, 2.45) is 5.73 Å². The molecule has 3 nitrogen and oxygen atoms in total. The summed E-state index contributed by atoms with van der Waals surface area (Å²) >= 11 is 0. The van der Waals surface area contributed by atoms with E-state index in [4.69, 9.17) is 10.5 Å². The summed E-state index contributed by atoms with van der Waals surface area (Å²) in [5.74, 6) is -1.65. The van der Waals surface area contributed by atoms with E-state index in [2.05, 4.69) is 0 Å². The average molecular weight is 291 g/mol. The zero-order chi connectivity index (χ0) is 15.4. The third kappa shape index (κ3) is 3.56. The summed E-state index contributed by atoms with van der Waals surface area (Å²) in [5.41, 5.74) is 6.33. The summed E-state index contributed by atoms with van der Waals surface area (Å²) < 4.78 is 32.0. The summed E-state index contributed by atoms with van der Waals surface area (Å²) in [6, 6.07) is 7.85. The van der Waals surface area contributed by atoms with Crippen molar-refractivity contribution in [2.75, 3.05) is 6.61 Å². The highest BCUT2D eigenvalue weighted by Gasteiger charge is 2.12. The maximum absolute atomic E-state index is 13.3. The third-order valence-corrected chi connectivity index (χ3v) is 2.90. The molecular weight excluding hydrogens is 276 g/mol. The van der Waals surface area contributed by atoms with Gasteiger partial charge in [0.25, 0.3) is 5.91 Å². The average Bonchev–Trinajstić information content (AvgIpc) is 2.43. The SMILES string of the molecule is CCCOc1ccc(-c2cc(F)cc(F)c2)cc1C(N)=O. The van der Waals surface area contributed by atoms with Gasteiger partial charge < -0.3 is 10.5 Å². The van der Waals surface area contributed by atoms with Crippen LogP contribution >= 0.6 is 0 Å². The van der Waals surface area contributed by atoms with E-state index in [1.165, 1.54) is 18.2 Å². The summed E-state index contributed by atoms with van der Waals surface area (Å²) in [6.07, 6.45) is 0.787. The molecule has 5 heteroatoms. The first kappa shape index (κ1) is 15.0. The van der Waals surface area contributed by atoms with Gasteiger partial charge in [-0.1, -0.05) is 13.0 Å². The van der Waals surface area contributed by atoms with Crippen LogP contribution in [0.25, 0.3) is 11.1 Å². The molecular formula is C16H15F2NO2. The first-order valence-electron chi connectivity index (χ1n) is 6.54. The Morgan fingerprint density at radius 3 is 2.33 bits per heavy atom. The second kappa shape index (κ2) is 6.35. The van der Waals surface area contributed by atoms with Gasteiger partial charge in [0.05, 0.1) is 12.2 Å². The maximum atomic E-state index is 13.3. The van der Waals surface area contributed by atoms with Crippen LogP contribution in [-0.4, -0.2) is 12.5 Å². The molecule has 0 aromatic heterocycles. The minimum Gasteiger partial charge on any atom is -0.493 e. The van der Waals surface area contributed by atoms with Crippen LogP contribution in [-0.2, 0) is 0 Å². The lowest BCUT2D eigenvalue weighted by molar-refractivity contribution is 0.0996. The summed E-state index contributed by atoms with van der Waals surface area (Å²) in [6.45, 7) is 2.39. The smallest absolute Gasteiger partial charge is 0.252 e. The van der Waals surface area contributed by atoms with Crippen molar-refractivity contribution in [3.8, 4) is 16.9 Å². The molecule has 0 heterocycles. The number of nitrogens with two attached hydrogens (primary N) is 1. The molecule has 2 rings (SSSR count). The highest BCUT2D eigenvalue weighted by Crippen LogP contribution is 2.27. The minimum atomic E-state index is -0.683. The van der Waals surface area contributed by atoms with Gasteiger partial charge in [-0.25, -0.2) is 8.78 Å². The van der Waals surface area contributed by atoms with Crippen molar-refractivity contribution in [3.63, 3.8) is 0 Å². The molecule has 0 aliphatic carbocycles. The van der Waals surface area contributed by atoms with E-state index in [1.54, 1.807) is 12.1 Å². The van der Waals surface area contributed by atoms with Gasteiger partial charge in [0.15, 0.2) is 0 Å². The monoisotopic (exact) mass is 291 g/mol. The van der Waals surface area contributed by atoms with Crippen LogP contribution in [0.3, 0.4) is 0 Å². The van der Waals surface area contributed by atoms with Gasteiger partial charge in [0.1, 0.15) is 17.4 Å². The van der Waals surface area contributed by atoms with Crippen LogP contribution in [0.2, 0.25) is 0 Å². The number of halogens is 2. The topological polar surface area (TPSA) is 52.3 Å². The quantitative estimate of drug-likeness (QED) is 0.916. The van der Waals surface area contributed by atoms with E-state index >= 15 is 0 Å². The van der Waals surface area contributed by atoms with Crippen molar-refractivity contribution in [1.29, 1.82) is 0 Å². The molecule has 0 bridgehead atoms. The van der Waals surface area contributed by atoms with Crippen molar-refractivity contribution < 1.29 is 18.3 Å². The second-order valence-electron chi connectivity index (χ2n) is 4.58. The number of benzene rings is 2. The Balaban J connectivity index is 2.46. The molecule has 2 aromatic rings. The van der Waals surface area contributed by atoms with Crippen molar-refractivity contribution in [1.82, 2.24) is 0 Å². The summed E-state index contributed by atoms with van der Waals surface area (Å²) in [5, 5.41) is 0. The van der Waals surface area contributed by atoms with Crippen LogP contribution in [0.5, 0.6) is 5.75 Å². The van der Waals surface area contributed by atoms with Crippen LogP contribution in [0.4, 0.5) is 8.78 Å². The maximum Gasteiger partial charge on any atom is 0.252 e.